The fourth-order valence-corrected chi connectivity index (χ4v) is 3.48. The summed E-state index contributed by atoms with van der Waals surface area (Å²) in [6, 6.07) is 10.6. The van der Waals surface area contributed by atoms with Gasteiger partial charge in [-0.15, -0.1) is 0 Å². The highest BCUT2D eigenvalue weighted by Gasteiger charge is 2.43. The molecule has 0 saturated carbocycles. The van der Waals surface area contributed by atoms with E-state index in [1.165, 1.54) is 14.2 Å². The molecule has 0 spiro atoms. The number of aryl methyl sites for hydroxylation is 2. The number of anilines is 1. The summed E-state index contributed by atoms with van der Waals surface area (Å²) in [6.07, 6.45) is 0. The number of hydrogen-bond donors (Lipinski definition) is 1. The second-order valence-corrected chi connectivity index (χ2v) is 7.15. The van der Waals surface area contributed by atoms with Gasteiger partial charge < -0.3 is 19.5 Å². The lowest BCUT2D eigenvalue weighted by atomic mass is 9.99. The largest absolute Gasteiger partial charge is 0.497 e. The molecule has 0 bridgehead atoms. The fourth-order valence-electron chi connectivity index (χ4n) is 3.48. The first-order valence-electron chi connectivity index (χ1n) is 9.58. The van der Waals surface area contributed by atoms with E-state index in [0.29, 0.717) is 28.3 Å². The molecule has 1 heterocycles. The van der Waals surface area contributed by atoms with E-state index in [9.17, 15) is 14.7 Å². The van der Waals surface area contributed by atoms with Crippen LogP contribution in [0, 0.1) is 13.8 Å². The quantitative estimate of drug-likeness (QED) is 0.707. The van der Waals surface area contributed by atoms with Crippen LogP contribution in [0.1, 0.15) is 16.7 Å². The Morgan fingerprint density at radius 3 is 2.30 bits per heavy atom. The molecule has 0 aliphatic carbocycles. The van der Waals surface area contributed by atoms with Gasteiger partial charge in [0.15, 0.2) is 0 Å². The standard InChI is InChI=1S/C23H26N2O5/c1-14-6-7-16(12-15(14)2)20-21(24(3)10-11-26)23(28)25(22(20)27)18-13-17(29-4)8-9-19(18)30-5/h6-9,12-13,26H,10-11H2,1-5H3. The Balaban J connectivity index is 2.20. The SMILES string of the molecule is COc1ccc(OC)c(N2C(=O)C(c3ccc(C)c(C)c3)=C(N(C)CCO)C2=O)c1. The molecule has 0 aromatic heterocycles. The molecular formula is C23H26N2O5. The summed E-state index contributed by atoms with van der Waals surface area (Å²) >= 11 is 0. The minimum atomic E-state index is -0.476. The second-order valence-electron chi connectivity index (χ2n) is 7.15. The number of amides is 2. The van der Waals surface area contributed by atoms with Crippen molar-refractivity contribution < 1.29 is 24.2 Å². The van der Waals surface area contributed by atoms with Crippen molar-refractivity contribution >= 4 is 23.1 Å². The van der Waals surface area contributed by atoms with Crippen molar-refractivity contribution in [2.45, 2.75) is 13.8 Å². The van der Waals surface area contributed by atoms with Gasteiger partial charge in [0.25, 0.3) is 11.8 Å². The Bertz CT molecular complexity index is 1030. The summed E-state index contributed by atoms with van der Waals surface area (Å²) in [5.74, 6) is -0.0513. The highest BCUT2D eigenvalue weighted by molar-refractivity contribution is 6.45. The van der Waals surface area contributed by atoms with E-state index in [1.54, 1.807) is 30.1 Å². The third kappa shape index (κ3) is 3.64. The maximum atomic E-state index is 13.6. The molecule has 0 atom stereocenters. The van der Waals surface area contributed by atoms with Crippen LogP contribution in [0.25, 0.3) is 5.57 Å². The lowest BCUT2D eigenvalue weighted by Gasteiger charge is -2.21. The zero-order valence-corrected chi connectivity index (χ0v) is 17.9. The average molecular weight is 410 g/mol. The van der Waals surface area contributed by atoms with Crippen LogP contribution >= 0.6 is 0 Å². The number of hydrogen-bond acceptors (Lipinski definition) is 6. The van der Waals surface area contributed by atoms with Crippen molar-refractivity contribution in [3.05, 3.63) is 58.8 Å². The monoisotopic (exact) mass is 410 g/mol. The van der Waals surface area contributed by atoms with Crippen LogP contribution in [0.5, 0.6) is 11.5 Å². The van der Waals surface area contributed by atoms with Crippen LogP contribution in [-0.2, 0) is 9.59 Å². The van der Waals surface area contributed by atoms with Crippen molar-refractivity contribution in [3.8, 4) is 11.5 Å². The summed E-state index contributed by atoms with van der Waals surface area (Å²) < 4.78 is 10.7. The summed E-state index contributed by atoms with van der Waals surface area (Å²) in [6.45, 7) is 4.01. The number of ether oxygens (including phenoxy) is 2. The lowest BCUT2D eigenvalue weighted by molar-refractivity contribution is -0.120. The fraction of sp³-hybridized carbons (Fsp3) is 0.304. The van der Waals surface area contributed by atoms with Gasteiger partial charge in [0.2, 0.25) is 0 Å². The van der Waals surface area contributed by atoms with Gasteiger partial charge in [0.1, 0.15) is 17.2 Å². The van der Waals surface area contributed by atoms with E-state index in [1.807, 2.05) is 32.0 Å². The molecule has 0 radical (unpaired) electrons. The molecular weight excluding hydrogens is 384 g/mol. The Labute approximate surface area is 176 Å². The first kappa shape index (κ1) is 21.4. The van der Waals surface area contributed by atoms with Gasteiger partial charge >= 0.3 is 0 Å². The molecule has 0 unspecified atom stereocenters. The zero-order chi connectivity index (χ0) is 22.0. The van der Waals surface area contributed by atoms with Crippen molar-refractivity contribution in [1.82, 2.24) is 4.90 Å². The van der Waals surface area contributed by atoms with Crippen molar-refractivity contribution in [3.63, 3.8) is 0 Å². The van der Waals surface area contributed by atoms with E-state index in [2.05, 4.69) is 0 Å². The maximum absolute atomic E-state index is 13.6. The highest BCUT2D eigenvalue weighted by Crippen LogP contribution is 2.40. The Morgan fingerprint density at radius 2 is 1.70 bits per heavy atom. The number of benzene rings is 2. The van der Waals surface area contributed by atoms with Crippen molar-refractivity contribution in [2.75, 3.05) is 39.3 Å². The van der Waals surface area contributed by atoms with Gasteiger partial charge in [-0.25, -0.2) is 4.90 Å². The Kier molecular flexibility index (Phi) is 6.12. The number of aliphatic hydroxyl groups is 1. The number of carbonyl (C=O) groups excluding carboxylic acids is 2. The number of carbonyl (C=O) groups is 2. The van der Waals surface area contributed by atoms with Crippen LogP contribution < -0.4 is 14.4 Å². The van der Waals surface area contributed by atoms with Gasteiger partial charge in [-0.05, 0) is 42.7 Å². The van der Waals surface area contributed by atoms with Gasteiger partial charge in [0.05, 0.1) is 32.1 Å². The number of rotatable bonds is 7. The first-order valence-corrected chi connectivity index (χ1v) is 9.58. The van der Waals surface area contributed by atoms with Crippen LogP contribution in [0.4, 0.5) is 5.69 Å². The maximum Gasteiger partial charge on any atom is 0.282 e. The molecule has 2 aromatic carbocycles. The molecule has 7 heteroatoms. The minimum absolute atomic E-state index is 0.149. The first-order chi connectivity index (χ1) is 14.3. The number of likely N-dealkylation sites (N-methyl/N-ethyl adjacent to an activating group) is 1. The molecule has 1 N–H and O–H groups in total. The van der Waals surface area contributed by atoms with E-state index in [0.717, 1.165) is 16.0 Å². The molecule has 158 valence electrons. The molecule has 3 rings (SSSR count). The number of nitrogens with zero attached hydrogens (tertiary/aromatic N) is 2. The normalized spacial score (nSPS) is 13.9. The highest BCUT2D eigenvalue weighted by atomic mass is 16.5. The van der Waals surface area contributed by atoms with Crippen LogP contribution in [0.2, 0.25) is 0 Å². The predicted octanol–water partition coefficient (Wildman–Crippen LogP) is 2.53. The van der Waals surface area contributed by atoms with Crippen LogP contribution in [-0.4, -0.2) is 56.2 Å². The summed E-state index contributed by atoms with van der Waals surface area (Å²) in [7, 11) is 4.68. The summed E-state index contributed by atoms with van der Waals surface area (Å²) in [4.78, 5) is 29.7. The molecule has 0 saturated heterocycles. The van der Waals surface area contributed by atoms with E-state index in [-0.39, 0.29) is 18.8 Å². The molecule has 2 amide bonds. The van der Waals surface area contributed by atoms with Gasteiger partial charge in [-0.3, -0.25) is 9.59 Å². The molecule has 30 heavy (non-hydrogen) atoms. The second kappa shape index (κ2) is 8.59. The van der Waals surface area contributed by atoms with E-state index < -0.39 is 11.8 Å². The topological polar surface area (TPSA) is 79.3 Å². The zero-order valence-electron chi connectivity index (χ0n) is 17.9. The number of aliphatic hydroxyl groups excluding tert-OH is 1. The number of methoxy groups -OCH3 is 2. The van der Waals surface area contributed by atoms with Gasteiger partial charge in [-0.1, -0.05) is 18.2 Å². The molecule has 0 fully saturated rings. The van der Waals surface area contributed by atoms with Crippen molar-refractivity contribution in [1.29, 1.82) is 0 Å². The number of imide groups is 1. The van der Waals surface area contributed by atoms with Crippen LogP contribution in [0.3, 0.4) is 0 Å². The van der Waals surface area contributed by atoms with Gasteiger partial charge in [-0.2, -0.15) is 0 Å². The van der Waals surface area contributed by atoms with Crippen molar-refractivity contribution in [2.24, 2.45) is 0 Å². The third-order valence-electron chi connectivity index (χ3n) is 5.30. The van der Waals surface area contributed by atoms with E-state index >= 15 is 0 Å². The lowest BCUT2D eigenvalue weighted by Crippen LogP contribution is -2.35. The molecule has 1 aliphatic rings. The summed E-state index contributed by atoms with van der Waals surface area (Å²) in [5.41, 5.74) is 3.60. The molecule has 7 nitrogen and oxygen atoms in total. The average Bonchev–Trinajstić information content (AvgIpc) is 2.99. The van der Waals surface area contributed by atoms with Gasteiger partial charge in [0, 0.05) is 19.7 Å². The Hall–Kier alpha value is -3.32. The minimum Gasteiger partial charge on any atom is -0.497 e. The van der Waals surface area contributed by atoms with E-state index in [4.69, 9.17) is 9.47 Å². The smallest absolute Gasteiger partial charge is 0.282 e. The molecule has 2 aromatic rings. The van der Waals surface area contributed by atoms with Crippen LogP contribution in [0.15, 0.2) is 42.1 Å². The third-order valence-corrected chi connectivity index (χ3v) is 5.30. The Morgan fingerprint density at radius 1 is 0.967 bits per heavy atom. The molecule has 1 aliphatic heterocycles. The summed E-state index contributed by atoms with van der Waals surface area (Å²) in [5, 5.41) is 9.41. The predicted molar refractivity (Wildman–Crippen MR) is 115 cm³/mol.